The molecule has 0 aromatic heterocycles. The molecule has 0 amide bonds. The van der Waals surface area contributed by atoms with E-state index in [2.05, 4.69) is 51.7 Å². The van der Waals surface area contributed by atoms with Crippen molar-refractivity contribution in [1.29, 1.82) is 0 Å². The lowest BCUT2D eigenvalue weighted by Crippen LogP contribution is -2.47. The molecule has 2 aromatic rings. The van der Waals surface area contributed by atoms with Crippen molar-refractivity contribution in [3.05, 3.63) is 48.0 Å². The van der Waals surface area contributed by atoms with Gasteiger partial charge >= 0.3 is 0 Å². The molecular formula is C21H28FN3OS. The Kier molecular flexibility index (Phi) is 7.38. The van der Waals surface area contributed by atoms with Crippen molar-refractivity contribution in [2.75, 3.05) is 57.6 Å². The SMILES string of the molecule is CNCc1cc(N2CCN(CCF)CC2)ccc1Oc1ccc(SC)cc1. The molecule has 27 heavy (non-hydrogen) atoms. The highest BCUT2D eigenvalue weighted by molar-refractivity contribution is 7.98. The molecule has 1 fully saturated rings. The van der Waals surface area contributed by atoms with Crippen LogP contribution in [0, 0.1) is 0 Å². The van der Waals surface area contributed by atoms with E-state index >= 15 is 0 Å². The van der Waals surface area contributed by atoms with E-state index in [0.29, 0.717) is 6.54 Å². The molecule has 1 aliphatic rings. The summed E-state index contributed by atoms with van der Waals surface area (Å²) in [6.45, 7) is 4.69. The molecule has 1 saturated heterocycles. The molecule has 4 nitrogen and oxygen atoms in total. The van der Waals surface area contributed by atoms with Crippen LogP contribution in [-0.2, 0) is 6.54 Å². The molecule has 6 heteroatoms. The summed E-state index contributed by atoms with van der Waals surface area (Å²) in [6, 6.07) is 14.5. The molecule has 0 saturated carbocycles. The summed E-state index contributed by atoms with van der Waals surface area (Å²) >= 11 is 1.72. The molecule has 0 atom stereocenters. The zero-order valence-corrected chi connectivity index (χ0v) is 16.9. The van der Waals surface area contributed by atoms with Crippen LogP contribution in [0.1, 0.15) is 5.56 Å². The fourth-order valence-corrected chi connectivity index (χ4v) is 3.72. The Morgan fingerprint density at radius 1 is 1.07 bits per heavy atom. The lowest BCUT2D eigenvalue weighted by Gasteiger charge is -2.36. The third-order valence-electron chi connectivity index (χ3n) is 4.84. The van der Waals surface area contributed by atoms with E-state index < -0.39 is 0 Å². The number of alkyl halides is 1. The number of ether oxygens (including phenoxy) is 1. The summed E-state index contributed by atoms with van der Waals surface area (Å²) in [5.41, 5.74) is 2.33. The molecule has 0 aliphatic carbocycles. The molecule has 0 unspecified atom stereocenters. The van der Waals surface area contributed by atoms with Gasteiger partial charge in [0.25, 0.3) is 0 Å². The van der Waals surface area contributed by atoms with Gasteiger partial charge in [-0.1, -0.05) is 0 Å². The normalized spacial score (nSPS) is 15.1. The number of hydrogen-bond donors (Lipinski definition) is 1. The maximum Gasteiger partial charge on any atom is 0.132 e. The Hall–Kier alpha value is -1.76. The van der Waals surface area contributed by atoms with Gasteiger partial charge < -0.3 is 15.0 Å². The summed E-state index contributed by atoms with van der Waals surface area (Å²) in [5, 5.41) is 3.23. The van der Waals surface area contributed by atoms with Crippen LogP contribution in [0.4, 0.5) is 10.1 Å². The maximum absolute atomic E-state index is 12.5. The number of thioether (sulfide) groups is 1. The van der Waals surface area contributed by atoms with E-state index in [-0.39, 0.29) is 6.67 Å². The number of anilines is 1. The van der Waals surface area contributed by atoms with E-state index in [9.17, 15) is 4.39 Å². The number of hydrogen-bond acceptors (Lipinski definition) is 5. The minimum absolute atomic E-state index is 0.268. The van der Waals surface area contributed by atoms with Crippen molar-refractivity contribution in [1.82, 2.24) is 10.2 Å². The van der Waals surface area contributed by atoms with Gasteiger partial charge in [-0.05, 0) is 55.8 Å². The lowest BCUT2D eigenvalue weighted by atomic mass is 10.1. The van der Waals surface area contributed by atoms with Crippen molar-refractivity contribution >= 4 is 17.4 Å². The van der Waals surface area contributed by atoms with Crippen molar-refractivity contribution in [3.8, 4) is 11.5 Å². The van der Waals surface area contributed by atoms with Crippen LogP contribution in [0.3, 0.4) is 0 Å². The Balaban J connectivity index is 1.72. The summed E-state index contributed by atoms with van der Waals surface area (Å²) in [6.07, 6.45) is 2.07. The number of rotatable bonds is 8. The van der Waals surface area contributed by atoms with Crippen LogP contribution in [-0.4, -0.2) is 57.6 Å². The highest BCUT2D eigenvalue weighted by Gasteiger charge is 2.18. The second kappa shape index (κ2) is 9.97. The molecule has 0 radical (unpaired) electrons. The third kappa shape index (κ3) is 5.37. The molecular weight excluding hydrogens is 361 g/mol. The molecule has 2 aromatic carbocycles. The molecule has 0 spiro atoms. The standard InChI is InChI=1S/C21H28FN3OS/c1-23-16-17-15-18(25-13-11-24(10-9-22)12-14-25)3-8-21(17)26-19-4-6-20(27-2)7-5-19/h3-8,15,23H,9-14,16H2,1-2H3. The zero-order valence-electron chi connectivity index (χ0n) is 16.1. The summed E-state index contributed by atoms with van der Waals surface area (Å²) in [7, 11) is 1.94. The third-order valence-corrected chi connectivity index (χ3v) is 5.58. The molecule has 0 bridgehead atoms. The van der Waals surface area contributed by atoms with Gasteiger partial charge in [0.2, 0.25) is 0 Å². The summed E-state index contributed by atoms with van der Waals surface area (Å²) < 4.78 is 18.7. The number of nitrogens with zero attached hydrogens (tertiary/aromatic N) is 2. The molecule has 1 aliphatic heterocycles. The van der Waals surface area contributed by atoms with Gasteiger partial charge in [-0.25, -0.2) is 4.39 Å². The monoisotopic (exact) mass is 389 g/mol. The van der Waals surface area contributed by atoms with Crippen molar-refractivity contribution < 1.29 is 9.13 Å². The Bertz CT molecular complexity index is 718. The number of piperazine rings is 1. The van der Waals surface area contributed by atoms with Gasteiger partial charge in [0.05, 0.1) is 0 Å². The average Bonchev–Trinajstić information content (AvgIpc) is 2.71. The van der Waals surface area contributed by atoms with E-state index in [1.54, 1.807) is 11.8 Å². The first-order chi connectivity index (χ1) is 13.2. The van der Waals surface area contributed by atoms with Crippen LogP contribution >= 0.6 is 11.8 Å². The van der Waals surface area contributed by atoms with E-state index in [0.717, 1.165) is 49.8 Å². The molecule has 1 heterocycles. The number of halogens is 1. The van der Waals surface area contributed by atoms with Crippen molar-refractivity contribution in [2.24, 2.45) is 0 Å². The highest BCUT2D eigenvalue weighted by Crippen LogP contribution is 2.30. The van der Waals surface area contributed by atoms with Gasteiger partial charge in [0.15, 0.2) is 0 Å². The first-order valence-electron chi connectivity index (χ1n) is 9.36. The Morgan fingerprint density at radius 2 is 1.81 bits per heavy atom. The van der Waals surface area contributed by atoms with Gasteiger partial charge in [0.1, 0.15) is 18.2 Å². The quantitative estimate of drug-likeness (QED) is 0.689. The predicted octanol–water partition coefficient (Wildman–Crippen LogP) is 4.01. The fourth-order valence-electron chi connectivity index (χ4n) is 3.31. The number of benzene rings is 2. The van der Waals surface area contributed by atoms with Crippen LogP contribution in [0.2, 0.25) is 0 Å². The second-order valence-corrected chi connectivity index (χ2v) is 7.50. The lowest BCUT2D eigenvalue weighted by molar-refractivity contribution is 0.235. The van der Waals surface area contributed by atoms with E-state index in [4.69, 9.17) is 4.74 Å². The summed E-state index contributed by atoms with van der Waals surface area (Å²) in [4.78, 5) is 5.77. The summed E-state index contributed by atoms with van der Waals surface area (Å²) in [5.74, 6) is 1.72. The second-order valence-electron chi connectivity index (χ2n) is 6.62. The van der Waals surface area contributed by atoms with Crippen LogP contribution in [0.15, 0.2) is 47.4 Å². The van der Waals surface area contributed by atoms with Crippen LogP contribution in [0.25, 0.3) is 0 Å². The van der Waals surface area contributed by atoms with Gasteiger partial charge in [-0.2, -0.15) is 0 Å². The first-order valence-corrected chi connectivity index (χ1v) is 10.6. The minimum Gasteiger partial charge on any atom is -0.457 e. The van der Waals surface area contributed by atoms with Crippen LogP contribution < -0.4 is 15.0 Å². The average molecular weight is 390 g/mol. The van der Waals surface area contributed by atoms with Crippen molar-refractivity contribution in [3.63, 3.8) is 0 Å². The Labute approximate surface area is 165 Å². The van der Waals surface area contributed by atoms with E-state index in [1.807, 2.05) is 19.2 Å². The van der Waals surface area contributed by atoms with Gasteiger partial charge in [-0.15, -0.1) is 11.8 Å². The fraction of sp³-hybridized carbons (Fsp3) is 0.429. The van der Waals surface area contributed by atoms with Gasteiger partial charge in [-0.3, -0.25) is 4.90 Å². The Morgan fingerprint density at radius 3 is 2.44 bits per heavy atom. The largest absolute Gasteiger partial charge is 0.457 e. The smallest absolute Gasteiger partial charge is 0.132 e. The molecule has 3 rings (SSSR count). The number of nitrogens with one attached hydrogen (secondary N) is 1. The highest BCUT2D eigenvalue weighted by atomic mass is 32.2. The topological polar surface area (TPSA) is 27.7 Å². The minimum atomic E-state index is -0.268. The molecule has 1 N–H and O–H groups in total. The molecule has 146 valence electrons. The zero-order chi connectivity index (χ0) is 19.1. The van der Waals surface area contributed by atoms with Gasteiger partial charge in [0, 0.05) is 55.4 Å². The van der Waals surface area contributed by atoms with Crippen molar-refractivity contribution in [2.45, 2.75) is 11.4 Å². The van der Waals surface area contributed by atoms with E-state index in [1.165, 1.54) is 10.6 Å². The predicted molar refractivity (Wildman–Crippen MR) is 112 cm³/mol. The maximum atomic E-state index is 12.5. The van der Waals surface area contributed by atoms with Crippen LogP contribution in [0.5, 0.6) is 11.5 Å². The first kappa shape index (κ1) is 20.0.